The number of rotatable bonds is 6. The van der Waals surface area contributed by atoms with Crippen molar-refractivity contribution in [1.82, 2.24) is 10.1 Å². The van der Waals surface area contributed by atoms with Crippen LogP contribution in [0.2, 0.25) is 0 Å². The second-order valence-corrected chi connectivity index (χ2v) is 6.20. The second kappa shape index (κ2) is 7.27. The van der Waals surface area contributed by atoms with E-state index in [1.165, 1.54) is 18.2 Å². The lowest BCUT2D eigenvalue weighted by Gasteiger charge is -1.99. The van der Waals surface area contributed by atoms with Crippen LogP contribution in [0.25, 0.3) is 11.4 Å². The molecule has 1 heterocycles. The lowest BCUT2D eigenvalue weighted by molar-refractivity contribution is -0.384. The van der Waals surface area contributed by atoms with E-state index >= 15 is 0 Å². The number of hydrogen-bond donors (Lipinski definition) is 0. The predicted molar refractivity (Wildman–Crippen MR) is 92.6 cm³/mol. The van der Waals surface area contributed by atoms with E-state index < -0.39 is 4.92 Å². The van der Waals surface area contributed by atoms with E-state index in [0.717, 1.165) is 22.9 Å². The quantitative estimate of drug-likeness (QED) is 0.286. The molecule has 0 saturated heterocycles. The van der Waals surface area contributed by atoms with E-state index in [1.807, 2.05) is 31.2 Å². The third-order valence-electron chi connectivity index (χ3n) is 3.42. The molecule has 3 aromatic rings. The van der Waals surface area contributed by atoms with Gasteiger partial charge < -0.3 is 4.52 Å². The average molecular weight is 355 g/mol. The molecule has 7 nitrogen and oxygen atoms in total. The fraction of sp³-hybridized carbons (Fsp3) is 0.118. The molecule has 2 aromatic carbocycles. The molecule has 0 aliphatic rings. The highest BCUT2D eigenvalue weighted by Gasteiger charge is 2.14. The lowest BCUT2D eigenvalue weighted by atomic mass is 10.1. The number of aromatic nitrogens is 2. The normalized spacial score (nSPS) is 10.6. The average Bonchev–Trinajstić information content (AvgIpc) is 3.09. The topological polar surface area (TPSA) is 99.1 Å². The molecular formula is C17H13N3O4S. The Morgan fingerprint density at radius 3 is 2.72 bits per heavy atom. The number of nitrogens with zero attached hydrogens (tertiary/aromatic N) is 3. The van der Waals surface area contributed by atoms with Crippen LogP contribution in [0.5, 0.6) is 0 Å². The first-order valence-corrected chi connectivity index (χ1v) is 8.33. The van der Waals surface area contributed by atoms with Gasteiger partial charge in [0, 0.05) is 23.3 Å². The standard InChI is InChI=1S/C17H13N3O4S/c1-11-5-7-12(8-6-11)16-18-17(24-19-16)25-10-15(21)13-3-2-4-14(9-13)20(22)23/h2-9H,10H2,1H3. The number of Topliss-reactive ketones (excluding diaryl/α,β-unsaturated/α-hetero) is 1. The van der Waals surface area contributed by atoms with Crippen LogP contribution in [0.1, 0.15) is 15.9 Å². The molecular weight excluding hydrogens is 342 g/mol. The molecule has 0 aliphatic heterocycles. The summed E-state index contributed by atoms with van der Waals surface area (Å²) in [4.78, 5) is 26.7. The Labute approximate surface area is 147 Å². The summed E-state index contributed by atoms with van der Waals surface area (Å²) >= 11 is 1.10. The van der Waals surface area contributed by atoms with Crippen molar-refractivity contribution in [3.63, 3.8) is 0 Å². The minimum absolute atomic E-state index is 0.0523. The maximum Gasteiger partial charge on any atom is 0.286 e. The van der Waals surface area contributed by atoms with E-state index in [2.05, 4.69) is 10.1 Å². The van der Waals surface area contributed by atoms with Gasteiger partial charge in [0.15, 0.2) is 5.78 Å². The first-order chi connectivity index (χ1) is 12.0. The Bertz CT molecular complexity index is 922. The number of benzene rings is 2. The number of thioether (sulfide) groups is 1. The first kappa shape index (κ1) is 16.8. The van der Waals surface area contributed by atoms with E-state index in [9.17, 15) is 14.9 Å². The SMILES string of the molecule is Cc1ccc(-c2noc(SCC(=O)c3cccc([N+](=O)[O-])c3)n2)cc1. The number of carbonyl (C=O) groups excluding carboxylic acids is 1. The summed E-state index contributed by atoms with van der Waals surface area (Å²) in [5.74, 6) is 0.255. The van der Waals surface area contributed by atoms with Crippen LogP contribution in [0.4, 0.5) is 5.69 Å². The smallest absolute Gasteiger partial charge is 0.286 e. The molecule has 0 spiro atoms. The highest BCUT2D eigenvalue weighted by molar-refractivity contribution is 7.99. The van der Waals surface area contributed by atoms with Gasteiger partial charge in [0.1, 0.15) is 0 Å². The van der Waals surface area contributed by atoms with Gasteiger partial charge in [0.05, 0.1) is 10.7 Å². The van der Waals surface area contributed by atoms with Crippen molar-refractivity contribution < 1.29 is 14.2 Å². The summed E-state index contributed by atoms with van der Waals surface area (Å²) in [6.07, 6.45) is 0. The molecule has 25 heavy (non-hydrogen) atoms. The van der Waals surface area contributed by atoms with Gasteiger partial charge in [0.25, 0.3) is 10.9 Å². The summed E-state index contributed by atoms with van der Waals surface area (Å²) in [6, 6.07) is 13.3. The van der Waals surface area contributed by atoms with Gasteiger partial charge >= 0.3 is 0 Å². The van der Waals surface area contributed by atoms with Gasteiger partial charge in [-0.3, -0.25) is 14.9 Å². The van der Waals surface area contributed by atoms with Crippen LogP contribution in [-0.2, 0) is 0 Å². The summed E-state index contributed by atoms with van der Waals surface area (Å²) < 4.78 is 5.14. The van der Waals surface area contributed by atoms with Gasteiger partial charge in [0.2, 0.25) is 5.82 Å². The van der Waals surface area contributed by atoms with Crippen LogP contribution >= 0.6 is 11.8 Å². The number of aryl methyl sites for hydroxylation is 1. The molecule has 0 fully saturated rings. The highest BCUT2D eigenvalue weighted by atomic mass is 32.2. The van der Waals surface area contributed by atoms with Crippen molar-refractivity contribution in [3.8, 4) is 11.4 Å². The molecule has 0 aliphatic carbocycles. The van der Waals surface area contributed by atoms with Crippen molar-refractivity contribution >= 4 is 23.2 Å². The molecule has 0 radical (unpaired) electrons. The van der Waals surface area contributed by atoms with E-state index in [0.29, 0.717) is 5.82 Å². The number of non-ortho nitro benzene ring substituents is 1. The largest absolute Gasteiger partial charge is 0.327 e. The third kappa shape index (κ3) is 4.10. The Morgan fingerprint density at radius 2 is 2.00 bits per heavy atom. The zero-order chi connectivity index (χ0) is 17.8. The van der Waals surface area contributed by atoms with Crippen molar-refractivity contribution in [1.29, 1.82) is 0 Å². The molecule has 0 bridgehead atoms. The van der Waals surface area contributed by atoms with Crippen LogP contribution in [-0.4, -0.2) is 26.6 Å². The molecule has 0 N–H and O–H groups in total. The van der Waals surface area contributed by atoms with Gasteiger partial charge in [-0.15, -0.1) is 0 Å². The first-order valence-electron chi connectivity index (χ1n) is 7.34. The number of ketones is 1. The highest BCUT2D eigenvalue weighted by Crippen LogP contribution is 2.23. The maximum atomic E-state index is 12.2. The molecule has 126 valence electrons. The Balaban J connectivity index is 1.66. The zero-order valence-corrected chi connectivity index (χ0v) is 14.0. The minimum Gasteiger partial charge on any atom is -0.327 e. The van der Waals surface area contributed by atoms with E-state index in [-0.39, 0.29) is 28.0 Å². The van der Waals surface area contributed by atoms with Gasteiger partial charge in [-0.25, -0.2) is 0 Å². The number of carbonyl (C=O) groups is 1. The van der Waals surface area contributed by atoms with Crippen LogP contribution in [0.15, 0.2) is 58.3 Å². The molecule has 0 atom stereocenters. The Morgan fingerprint density at radius 1 is 1.24 bits per heavy atom. The van der Waals surface area contributed by atoms with Gasteiger partial charge in [-0.2, -0.15) is 4.98 Å². The summed E-state index contributed by atoms with van der Waals surface area (Å²) in [5.41, 5.74) is 2.12. The Kier molecular flexibility index (Phi) is 4.90. The van der Waals surface area contributed by atoms with Crippen LogP contribution < -0.4 is 0 Å². The lowest BCUT2D eigenvalue weighted by Crippen LogP contribution is -2.03. The molecule has 0 saturated carbocycles. The monoisotopic (exact) mass is 355 g/mol. The molecule has 0 unspecified atom stereocenters. The molecule has 0 amide bonds. The predicted octanol–water partition coefficient (Wildman–Crippen LogP) is 3.93. The zero-order valence-electron chi connectivity index (χ0n) is 13.2. The molecule has 1 aromatic heterocycles. The third-order valence-corrected chi connectivity index (χ3v) is 4.24. The van der Waals surface area contributed by atoms with Crippen molar-refractivity contribution in [3.05, 3.63) is 69.8 Å². The Hall–Kier alpha value is -3.00. The van der Waals surface area contributed by atoms with Crippen molar-refractivity contribution in [2.24, 2.45) is 0 Å². The fourth-order valence-electron chi connectivity index (χ4n) is 2.09. The summed E-state index contributed by atoms with van der Waals surface area (Å²) in [5, 5.41) is 14.9. The van der Waals surface area contributed by atoms with Crippen LogP contribution in [0.3, 0.4) is 0 Å². The number of hydrogen-bond acceptors (Lipinski definition) is 7. The maximum absolute atomic E-state index is 12.2. The van der Waals surface area contributed by atoms with Crippen molar-refractivity contribution in [2.45, 2.75) is 12.1 Å². The van der Waals surface area contributed by atoms with Crippen molar-refractivity contribution in [2.75, 3.05) is 5.75 Å². The summed E-state index contributed by atoms with van der Waals surface area (Å²) in [6.45, 7) is 1.99. The van der Waals surface area contributed by atoms with Crippen LogP contribution in [0, 0.1) is 17.0 Å². The fourth-order valence-corrected chi connectivity index (χ4v) is 2.75. The second-order valence-electron chi connectivity index (χ2n) is 5.27. The minimum atomic E-state index is -0.532. The van der Waals surface area contributed by atoms with Gasteiger partial charge in [-0.05, 0) is 6.92 Å². The number of nitro groups is 1. The molecule has 3 rings (SSSR count). The van der Waals surface area contributed by atoms with E-state index in [1.54, 1.807) is 6.07 Å². The molecule has 8 heteroatoms. The van der Waals surface area contributed by atoms with E-state index in [4.69, 9.17) is 4.52 Å². The number of nitro benzene ring substituents is 1. The van der Waals surface area contributed by atoms with Gasteiger partial charge in [-0.1, -0.05) is 58.9 Å². The summed E-state index contributed by atoms with van der Waals surface area (Å²) in [7, 11) is 0.